The van der Waals surface area contributed by atoms with Crippen LogP contribution in [0.4, 0.5) is 0 Å². The minimum absolute atomic E-state index is 0.713. The van der Waals surface area contributed by atoms with Crippen molar-refractivity contribution in [2.75, 3.05) is 6.54 Å². The summed E-state index contributed by atoms with van der Waals surface area (Å²) in [4.78, 5) is 0. The van der Waals surface area contributed by atoms with E-state index in [2.05, 4.69) is 95.7 Å². The minimum atomic E-state index is 0.713. The molecule has 0 bridgehead atoms. The number of nitrogens with one attached hydrogen (secondary N) is 2. The normalized spacial score (nSPS) is 18.0. The molecule has 0 atom stereocenters. The molecule has 0 saturated heterocycles. The number of rotatable bonds is 5. The Morgan fingerprint density at radius 1 is 0.967 bits per heavy atom. The first-order valence-electron chi connectivity index (χ1n) is 9.86. The fraction of sp³-hybridized carbons (Fsp3) is 0.214. The number of terminal acetylenes is 1. The zero-order valence-electron chi connectivity index (χ0n) is 19.1. The lowest BCUT2D eigenvalue weighted by Crippen LogP contribution is -2.25. The van der Waals surface area contributed by atoms with Crippen molar-refractivity contribution < 1.29 is 0 Å². The fourth-order valence-electron chi connectivity index (χ4n) is 3.15. The molecule has 0 spiro atoms. The molecule has 2 nitrogen and oxygen atoms in total. The van der Waals surface area contributed by atoms with Crippen LogP contribution < -0.4 is 10.6 Å². The third-order valence-electron chi connectivity index (χ3n) is 4.95. The molecular formula is C28H34N2. The summed E-state index contributed by atoms with van der Waals surface area (Å²) in [6, 6.07) is 0. The van der Waals surface area contributed by atoms with Crippen LogP contribution in [0, 0.1) is 12.8 Å². The minimum Gasteiger partial charge on any atom is -0.380 e. The van der Waals surface area contributed by atoms with Crippen molar-refractivity contribution in [2.45, 2.75) is 34.6 Å². The molecule has 2 aliphatic heterocycles. The second-order valence-electron chi connectivity index (χ2n) is 7.62. The first kappa shape index (κ1) is 24.6. The monoisotopic (exact) mass is 398 g/mol. The fourth-order valence-corrected chi connectivity index (χ4v) is 3.15. The topological polar surface area (TPSA) is 24.1 Å². The second kappa shape index (κ2) is 10.9. The quantitative estimate of drug-likeness (QED) is 0.404. The van der Waals surface area contributed by atoms with Crippen molar-refractivity contribution in [3.8, 4) is 12.8 Å². The highest BCUT2D eigenvalue weighted by molar-refractivity contribution is 5.62. The maximum absolute atomic E-state index is 4.36. The molecule has 2 heteroatoms. The van der Waals surface area contributed by atoms with E-state index in [9.17, 15) is 0 Å². The van der Waals surface area contributed by atoms with E-state index in [0.717, 1.165) is 56.1 Å². The number of allylic oxidation sites excluding steroid dienone is 11. The van der Waals surface area contributed by atoms with Gasteiger partial charge in [-0.1, -0.05) is 49.6 Å². The summed E-state index contributed by atoms with van der Waals surface area (Å²) < 4.78 is 0. The molecule has 0 aromatic rings. The Labute approximate surface area is 183 Å². The summed E-state index contributed by atoms with van der Waals surface area (Å²) in [7, 11) is 0. The van der Waals surface area contributed by atoms with Gasteiger partial charge in [-0.05, 0) is 80.7 Å². The second-order valence-corrected chi connectivity index (χ2v) is 7.62. The molecule has 30 heavy (non-hydrogen) atoms. The van der Waals surface area contributed by atoms with Crippen LogP contribution in [0.1, 0.15) is 34.6 Å². The van der Waals surface area contributed by atoms with Crippen LogP contribution >= 0.6 is 0 Å². The Hall–Kier alpha value is -3.44. The standard InChI is InChI=1S/C26H32N2.C2H2/c1-10-24-23(13-17(4)5)21(9)22(15-27-24)14-26-20(8)18(6)19(7)25(28-26)12-11-16(2)3;1-2/h10-14,27-28H,1-2,6,9,15H2,3-5,7-8H3;1-2H/b12-11-,22-14+;. The molecule has 2 N–H and O–H groups in total. The molecule has 2 heterocycles. The molecule has 0 aliphatic carbocycles. The van der Waals surface area contributed by atoms with Crippen molar-refractivity contribution in [1.82, 2.24) is 10.6 Å². The number of hydrogen-bond acceptors (Lipinski definition) is 2. The average Bonchev–Trinajstić information content (AvgIpc) is 2.71. The summed E-state index contributed by atoms with van der Waals surface area (Å²) in [5.74, 6) is 0. The molecule has 0 unspecified atom stereocenters. The van der Waals surface area contributed by atoms with Crippen LogP contribution in [0.3, 0.4) is 0 Å². The van der Waals surface area contributed by atoms with Crippen molar-refractivity contribution in [1.29, 1.82) is 0 Å². The van der Waals surface area contributed by atoms with Gasteiger partial charge in [0.25, 0.3) is 0 Å². The largest absolute Gasteiger partial charge is 0.380 e. The predicted octanol–water partition coefficient (Wildman–Crippen LogP) is 6.57. The molecule has 2 rings (SSSR count). The van der Waals surface area contributed by atoms with E-state index in [1.165, 1.54) is 5.57 Å². The van der Waals surface area contributed by atoms with Gasteiger partial charge in [-0.25, -0.2) is 0 Å². The Morgan fingerprint density at radius 2 is 1.57 bits per heavy atom. The van der Waals surface area contributed by atoms with Crippen LogP contribution in [0.2, 0.25) is 0 Å². The summed E-state index contributed by atoms with van der Waals surface area (Å²) >= 11 is 0. The molecule has 0 fully saturated rings. The lowest BCUT2D eigenvalue weighted by atomic mass is 9.89. The summed E-state index contributed by atoms with van der Waals surface area (Å²) in [5.41, 5.74) is 12.0. The van der Waals surface area contributed by atoms with Gasteiger partial charge in [0, 0.05) is 29.2 Å². The van der Waals surface area contributed by atoms with Crippen LogP contribution in [0.15, 0.2) is 118 Å². The van der Waals surface area contributed by atoms with Gasteiger partial charge in [0.15, 0.2) is 0 Å². The molecule has 0 aromatic carbocycles. The van der Waals surface area contributed by atoms with Gasteiger partial charge in [0.2, 0.25) is 0 Å². The van der Waals surface area contributed by atoms with Crippen molar-refractivity contribution in [2.24, 2.45) is 0 Å². The van der Waals surface area contributed by atoms with E-state index in [1.54, 1.807) is 0 Å². The lowest BCUT2D eigenvalue weighted by molar-refractivity contribution is 0.858. The van der Waals surface area contributed by atoms with E-state index in [1.807, 2.05) is 19.1 Å². The highest BCUT2D eigenvalue weighted by atomic mass is 14.9. The first-order chi connectivity index (χ1) is 14.1. The van der Waals surface area contributed by atoms with E-state index < -0.39 is 0 Å². The SMILES string of the molecule is C#C.C=CC1=C(C=C(C)C)C(=C)/C(=C/C2=C(C)C(=C)C(C)=C(/C=C\C(=C)C)N2)CN1. The molecule has 0 radical (unpaired) electrons. The molecule has 156 valence electrons. The van der Waals surface area contributed by atoms with Gasteiger partial charge < -0.3 is 10.6 Å². The Morgan fingerprint density at radius 3 is 2.10 bits per heavy atom. The van der Waals surface area contributed by atoms with Gasteiger partial charge in [0.05, 0.1) is 0 Å². The summed E-state index contributed by atoms with van der Waals surface area (Å²) in [5, 5.41) is 7.02. The number of dihydropyridines is 1. The molecular weight excluding hydrogens is 364 g/mol. The van der Waals surface area contributed by atoms with E-state index in [-0.39, 0.29) is 0 Å². The van der Waals surface area contributed by atoms with Crippen molar-refractivity contribution in [3.05, 3.63) is 118 Å². The third-order valence-corrected chi connectivity index (χ3v) is 4.95. The summed E-state index contributed by atoms with van der Waals surface area (Å²) in [6.07, 6.45) is 18.3. The Bertz CT molecular complexity index is 975. The van der Waals surface area contributed by atoms with Crippen molar-refractivity contribution >= 4 is 0 Å². The molecule has 0 saturated carbocycles. The zero-order valence-corrected chi connectivity index (χ0v) is 19.1. The average molecular weight is 399 g/mol. The predicted molar refractivity (Wildman–Crippen MR) is 133 cm³/mol. The lowest BCUT2D eigenvalue weighted by Gasteiger charge is -2.27. The number of hydrogen-bond donors (Lipinski definition) is 2. The van der Waals surface area contributed by atoms with Gasteiger partial charge in [-0.2, -0.15) is 0 Å². The molecule has 2 aliphatic rings. The maximum atomic E-state index is 4.36. The van der Waals surface area contributed by atoms with E-state index in [4.69, 9.17) is 0 Å². The highest BCUT2D eigenvalue weighted by Crippen LogP contribution is 2.32. The Balaban J connectivity index is 0.00000218. The van der Waals surface area contributed by atoms with Crippen LogP contribution in [0.5, 0.6) is 0 Å². The van der Waals surface area contributed by atoms with Gasteiger partial charge in [-0.15, -0.1) is 12.8 Å². The van der Waals surface area contributed by atoms with E-state index >= 15 is 0 Å². The van der Waals surface area contributed by atoms with E-state index in [0.29, 0.717) is 6.54 Å². The van der Waals surface area contributed by atoms with Crippen molar-refractivity contribution in [3.63, 3.8) is 0 Å². The Kier molecular flexibility index (Phi) is 8.96. The molecule has 0 amide bonds. The smallest absolute Gasteiger partial charge is 0.0423 e. The zero-order chi connectivity index (χ0) is 23.0. The van der Waals surface area contributed by atoms with Gasteiger partial charge >= 0.3 is 0 Å². The molecule has 0 aromatic heterocycles. The van der Waals surface area contributed by atoms with Gasteiger partial charge in [0.1, 0.15) is 0 Å². The van der Waals surface area contributed by atoms with Crippen LogP contribution in [-0.4, -0.2) is 6.54 Å². The van der Waals surface area contributed by atoms with Crippen LogP contribution in [-0.2, 0) is 0 Å². The van der Waals surface area contributed by atoms with Crippen LogP contribution in [0.25, 0.3) is 0 Å². The highest BCUT2D eigenvalue weighted by Gasteiger charge is 2.20. The van der Waals surface area contributed by atoms with Gasteiger partial charge in [-0.3, -0.25) is 0 Å². The maximum Gasteiger partial charge on any atom is 0.0423 e. The first-order valence-corrected chi connectivity index (χ1v) is 9.86. The third kappa shape index (κ3) is 5.78. The summed E-state index contributed by atoms with van der Waals surface area (Å²) in [6.45, 7) is 27.6.